The highest BCUT2D eigenvalue weighted by atomic mass is 16.4. The number of anilines is 1. The summed E-state index contributed by atoms with van der Waals surface area (Å²) in [7, 11) is 0. The highest BCUT2D eigenvalue weighted by molar-refractivity contribution is 5.99. The molecule has 1 aromatic carbocycles. The number of nitrogens with two attached hydrogens (primary N) is 1. The van der Waals surface area contributed by atoms with Crippen LogP contribution in [0.1, 0.15) is 43.7 Å². The third kappa shape index (κ3) is 3.63. The van der Waals surface area contributed by atoms with Crippen LogP contribution in [0.15, 0.2) is 18.2 Å². The number of benzene rings is 1. The van der Waals surface area contributed by atoms with Crippen LogP contribution >= 0.6 is 0 Å². The zero-order valence-corrected chi connectivity index (χ0v) is 14.9. The van der Waals surface area contributed by atoms with E-state index in [0.717, 1.165) is 17.7 Å². The molecule has 2 aliphatic heterocycles. The van der Waals surface area contributed by atoms with Crippen molar-refractivity contribution in [2.45, 2.75) is 45.1 Å². The Kier molecular flexibility index (Phi) is 4.99. The minimum Gasteiger partial charge on any atom is -0.465 e. The van der Waals surface area contributed by atoms with Crippen molar-refractivity contribution < 1.29 is 14.7 Å². The van der Waals surface area contributed by atoms with Gasteiger partial charge >= 0.3 is 6.09 Å². The summed E-state index contributed by atoms with van der Waals surface area (Å²) in [5.41, 5.74) is 9.09. The third-order valence-electron chi connectivity index (χ3n) is 5.24. The molecule has 0 bridgehead atoms. The molecular formula is C19H27N3O3. The molecule has 136 valence electrons. The lowest BCUT2D eigenvalue weighted by atomic mass is 9.87. The van der Waals surface area contributed by atoms with Crippen LogP contribution in [-0.4, -0.2) is 47.7 Å². The molecule has 0 saturated carbocycles. The quantitative estimate of drug-likeness (QED) is 0.881. The smallest absolute Gasteiger partial charge is 0.407 e. The zero-order valence-electron chi connectivity index (χ0n) is 14.9. The Morgan fingerprint density at radius 2 is 2.12 bits per heavy atom. The van der Waals surface area contributed by atoms with Crippen LogP contribution < -0.4 is 10.6 Å². The lowest BCUT2D eigenvalue weighted by Crippen LogP contribution is -2.34. The van der Waals surface area contributed by atoms with Crippen LogP contribution in [-0.2, 0) is 11.2 Å². The summed E-state index contributed by atoms with van der Waals surface area (Å²) in [5.74, 6) is 0.656. The fourth-order valence-electron chi connectivity index (χ4n) is 3.99. The van der Waals surface area contributed by atoms with Crippen molar-refractivity contribution in [3.05, 3.63) is 29.3 Å². The second-order valence-electron chi connectivity index (χ2n) is 7.57. The highest BCUT2D eigenvalue weighted by Gasteiger charge is 2.31. The van der Waals surface area contributed by atoms with Gasteiger partial charge in [-0.05, 0) is 48.4 Å². The first-order valence-electron chi connectivity index (χ1n) is 9.04. The van der Waals surface area contributed by atoms with Gasteiger partial charge in [0.2, 0.25) is 5.91 Å². The summed E-state index contributed by atoms with van der Waals surface area (Å²) in [6.45, 7) is 6.00. The first-order chi connectivity index (χ1) is 11.9. The molecule has 2 amide bonds. The predicted molar refractivity (Wildman–Crippen MR) is 96.9 cm³/mol. The van der Waals surface area contributed by atoms with E-state index in [2.05, 4.69) is 26.0 Å². The maximum absolute atomic E-state index is 12.2. The standard InChI is InChI=1S/C19H27N3O3/c1-12(2)9-14-11-21(19(24)25)7-5-13-10-15(3-4-16(13)14)22-8-6-17(20)18(22)23/h3-4,10,12,14,17H,5-9,11,20H2,1-2H3,(H,24,25)/t14?,17-/m0/s1. The average molecular weight is 345 g/mol. The van der Waals surface area contributed by atoms with E-state index in [1.807, 2.05) is 6.07 Å². The predicted octanol–water partition coefficient (Wildman–Crippen LogP) is 2.42. The summed E-state index contributed by atoms with van der Waals surface area (Å²) in [6, 6.07) is 5.72. The summed E-state index contributed by atoms with van der Waals surface area (Å²) in [4.78, 5) is 27.0. The van der Waals surface area contributed by atoms with Crippen molar-refractivity contribution in [2.24, 2.45) is 11.7 Å². The van der Waals surface area contributed by atoms with Gasteiger partial charge < -0.3 is 20.6 Å². The summed E-state index contributed by atoms with van der Waals surface area (Å²) in [5, 5.41) is 9.44. The molecule has 0 aromatic heterocycles. The Hall–Kier alpha value is -2.08. The van der Waals surface area contributed by atoms with Gasteiger partial charge in [0.25, 0.3) is 0 Å². The Bertz CT molecular complexity index is 674. The van der Waals surface area contributed by atoms with Crippen molar-refractivity contribution in [1.82, 2.24) is 4.90 Å². The molecule has 1 unspecified atom stereocenters. The van der Waals surface area contributed by atoms with E-state index < -0.39 is 12.1 Å². The molecule has 0 spiro atoms. The van der Waals surface area contributed by atoms with Gasteiger partial charge in [-0.15, -0.1) is 0 Å². The van der Waals surface area contributed by atoms with Crippen LogP contribution in [0, 0.1) is 5.92 Å². The molecule has 2 aliphatic rings. The third-order valence-corrected chi connectivity index (χ3v) is 5.24. The van der Waals surface area contributed by atoms with E-state index in [1.165, 1.54) is 10.5 Å². The number of carbonyl (C=O) groups is 2. The molecule has 2 heterocycles. The van der Waals surface area contributed by atoms with Gasteiger partial charge in [-0.25, -0.2) is 4.79 Å². The zero-order chi connectivity index (χ0) is 18.1. The van der Waals surface area contributed by atoms with E-state index in [4.69, 9.17) is 5.73 Å². The van der Waals surface area contributed by atoms with E-state index in [1.54, 1.807) is 4.90 Å². The number of hydrogen-bond donors (Lipinski definition) is 2. The van der Waals surface area contributed by atoms with Crippen LogP contribution in [0.4, 0.5) is 10.5 Å². The Morgan fingerprint density at radius 3 is 2.72 bits per heavy atom. The number of carboxylic acid groups (broad SMARTS) is 1. The molecule has 6 heteroatoms. The van der Waals surface area contributed by atoms with Crippen LogP contribution in [0.5, 0.6) is 0 Å². The molecule has 25 heavy (non-hydrogen) atoms. The largest absolute Gasteiger partial charge is 0.465 e. The number of hydrogen-bond acceptors (Lipinski definition) is 3. The molecule has 3 rings (SSSR count). The lowest BCUT2D eigenvalue weighted by Gasteiger charge is -2.25. The Labute approximate surface area is 148 Å². The van der Waals surface area contributed by atoms with Gasteiger partial charge in [0.05, 0.1) is 6.04 Å². The van der Waals surface area contributed by atoms with Gasteiger partial charge in [0.1, 0.15) is 0 Å². The molecule has 3 N–H and O–H groups in total. The number of amides is 2. The van der Waals surface area contributed by atoms with Gasteiger partial charge in [-0.2, -0.15) is 0 Å². The Morgan fingerprint density at radius 1 is 1.36 bits per heavy atom. The molecule has 0 aliphatic carbocycles. The van der Waals surface area contributed by atoms with E-state index in [0.29, 0.717) is 38.4 Å². The van der Waals surface area contributed by atoms with Crippen molar-refractivity contribution >= 4 is 17.7 Å². The van der Waals surface area contributed by atoms with E-state index in [9.17, 15) is 14.7 Å². The number of fused-ring (bicyclic) bond motifs is 1. The van der Waals surface area contributed by atoms with Gasteiger partial charge in [-0.1, -0.05) is 19.9 Å². The fourth-order valence-corrected chi connectivity index (χ4v) is 3.99. The van der Waals surface area contributed by atoms with E-state index in [-0.39, 0.29) is 11.8 Å². The first kappa shape index (κ1) is 17.7. The van der Waals surface area contributed by atoms with Gasteiger partial charge in [0.15, 0.2) is 0 Å². The lowest BCUT2D eigenvalue weighted by molar-refractivity contribution is -0.118. The molecular weight excluding hydrogens is 318 g/mol. The van der Waals surface area contributed by atoms with Crippen molar-refractivity contribution in [1.29, 1.82) is 0 Å². The molecule has 0 radical (unpaired) electrons. The highest BCUT2D eigenvalue weighted by Crippen LogP contribution is 2.34. The topological polar surface area (TPSA) is 86.9 Å². The number of carbonyl (C=O) groups excluding carboxylic acids is 1. The summed E-state index contributed by atoms with van der Waals surface area (Å²) in [6.07, 6.45) is 1.45. The van der Waals surface area contributed by atoms with Crippen molar-refractivity contribution in [3.63, 3.8) is 0 Å². The van der Waals surface area contributed by atoms with Gasteiger partial charge in [0, 0.05) is 31.2 Å². The molecule has 2 atom stereocenters. The minimum absolute atomic E-state index is 0.0283. The average Bonchev–Trinajstić information content (AvgIpc) is 2.78. The fraction of sp³-hybridized carbons (Fsp3) is 0.579. The Balaban J connectivity index is 1.92. The van der Waals surface area contributed by atoms with Crippen LogP contribution in [0.25, 0.3) is 0 Å². The molecule has 1 saturated heterocycles. The van der Waals surface area contributed by atoms with E-state index >= 15 is 0 Å². The maximum Gasteiger partial charge on any atom is 0.407 e. The van der Waals surface area contributed by atoms with Crippen LogP contribution in [0.3, 0.4) is 0 Å². The normalized spacial score (nSPS) is 23.8. The molecule has 1 aromatic rings. The first-order valence-corrected chi connectivity index (χ1v) is 9.04. The second-order valence-corrected chi connectivity index (χ2v) is 7.57. The maximum atomic E-state index is 12.2. The minimum atomic E-state index is -0.859. The number of rotatable bonds is 3. The monoisotopic (exact) mass is 345 g/mol. The SMILES string of the molecule is CC(C)CC1CN(C(=O)O)CCc2cc(N3CC[C@H](N)C3=O)ccc21. The summed E-state index contributed by atoms with van der Waals surface area (Å²) < 4.78 is 0. The van der Waals surface area contributed by atoms with Gasteiger partial charge in [-0.3, -0.25) is 4.79 Å². The van der Waals surface area contributed by atoms with Crippen molar-refractivity contribution in [2.75, 3.05) is 24.5 Å². The summed E-state index contributed by atoms with van der Waals surface area (Å²) >= 11 is 0. The molecule has 6 nitrogen and oxygen atoms in total. The van der Waals surface area contributed by atoms with Crippen LogP contribution in [0.2, 0.25) is 0 Å². The second kappa shape index (κ2) is 7.04. The van der Waals surface area contributed by atoms with Crippen molar-refractivity contribution in [3.8, 4) is 0 Å². The number of nitrogens with zero attached hydrogens (tertiary/aromatic N) is 2. The molecule has 1 fully saturated rings.